The summed E-state index contributed by atoms with van der Waals surface area (Å²) in [6.07, 6.45) is 5.28. The molecule has 2 aliphatic rings. The van der Waals surface area contributed by atoms with Crippen LogP contribution < -0.4 is 10.1 Å². The minimum atomic E-state index is -3.66. The number of benzene rings is 1. The number of rotatable bonds is 8. The molecule has 1 aromatic heterocycles. The first-order valence-electron chi connectivity index (χ1n) is 11.2. The van der Waals surface area contributed by atoms with Crippen molar-refractivity contribution >= 4 is 15.9 Å². The van der Waals surface area contributed by atoms with Crippen molar-refractivity contribution in [2.45, 2.75) is 36.6 Å². The summed E-state index contributed by atoms with van der Waals surface area (Å²) in [4.78, 5) is 15.5. The Kier molecular flexibility index (Phi) is 7.17. The Morgan fingerprint density at radius 2 is 1.91 bits per heavy atom. The minimum Gasteiger partial charge on any atom is -0.497 e. The molecule has 0 bridgehead atoms. The topological polar surface area (TPSA) is 92.1 Å². The molecule has 174 valence electrons. The van der Waals surface area contributed by atoms with Crippen LogP contribution in [0, 0.1) is 5.92 Å². The quantitative estimate of drug-likeness (QED) is 0.650. The van der Waals surface area contributed by atoms with Crippen LogP contribution in [0.4, 0.5) is 0 Å². The van der Waals surface area contributed by atoms with Crippen LogP contribution in [0.25, 0.3) is 0 Å². The van der Waals surface area contributed by atoms with Crippen LogP contribution in [0.5, 0.6) is 5.75 Å². The van der Waals surface area contributed by atoms with Crippen LogP contribution in [0.15, 0.2) is 52.0 Å². The maximum atomic E-state index is 13.1. The van der Waals surface area contributed by atoms with E-state index in [2.05, 4.69) is 10.2 Å². The summed E-state index contributed by atoms with van der Waals surface area (Å²) < 4.78 is 38.3. The second-order valence-corrected chi connectivity index (χ2v) is 10.3. The van der Waals surface area contributed by atoms with Gasteiger partial charge in [0, 0.05) is 19.6 Å². The predicted molar refractivity (Wildman–Crippen MR) is 120 cm³/mol. The first-order valence-corrected chi connectivity index (χ1v) is 12.6. The molecule has 1 amide bonds. The molecular formula is C23H31N3O5S. The number of piperidine rings is 1. The molecule has 8 nitrogen and oxygen atoms in total. The fourth-order valence-electron chi connectivity index (χ4n) is 4.56. The smallest absolute Gasteiger partial charge is 0.243 e. The average molecular weight is 462 g/mol. The molecule has 2 unspecified atom stereocenters. The standard InChI is InChI=1S/C23H31N3O5S/c1-30-19-8-10-20(11-9-19)32(28,29)26-14-4-6-18(17-26)23(27)24-16-21(22-7-5-15-31-22)25-12-2-3-13-25/h5,7-11,15,18,21H,2-4,6,12-14,16-17H2,1H3,(H,24,27). The Morgan fingerprint density at radius 3 is 2.56 bits per heavy atom. The molecular weight excluding hydrogens is 430 g/mol. The van der Waals surface area contributed by atoms with Crippen LogP contribution in [0.2, 0.25) is 0 Å². The lowest BCUT2D eigenvalue weighted by Gasteiger charge is -2.32. The highest BCUT2D eigenvalue weighted by molar-refractivity contribution is 7.89. The van der Waals surface area contributed by atoms with Gasteiger partial charge in [0.25, 0.3) is 0 Å². The van der Waals surface area contributed by atoms with Gasteiger partial charge in [0.1, 0.15) is 11.5 Å². The zero-order valence-corrected chi connectivity index (χ0v) is 19.2. The van der Waals surface area contributed by atoms with Crippen molar-refractivity contribution < 1.29 is 22.4 Å². The fourth-order valence-corrected chi connectivity index (χ4v) is 6.08. The van der Waals surface area contributed by atoms with E-state index in [-0.39, 0.29) is 29.3 Å². The molecule has 2 fully saturated rings. The van der Waals surface area contributed by atoms with Gasteiger partial charge in [-0.05, 0) is 75.2 Å². The van der Waals surface area contributed by atoms with Crippen molar-refractivity contribution in [3.05, 3.63) is 48.4 Å². The molecule has 9 heteroatoms. The predicted octanol–water partition coefficient (Wildman–Crippen LogP) is 2.64. The number of ether oxygens (including phenoxy) is 1. The number of nitrogens with zero attached hydrogens (tertiary/aromatic N) is 2. The molecule has 2 aliphatic heterocycles. The number of methoxy groups -OCH3 is 1. The Bertz CT molecular complexity index is 985. The summed E-state index contributed by atoms with van der Waals surface area (Å²) in [6.45, 7) is 3.03. The zero-order valence-electron chi connectivity index (χ0n) is 18.4. The first kappa shape index (κ1) is 22.8. The van der Waals surface area contributed by atoms with Gasteiger partial charge in [-0.2, -0.15) is 4.31 Å². The number of hydrogen-bond donors (Lipinski definition) is 1. The maximum absolute atomic E-state index is 13.1. The lowest BCUT2D eigenvalue weighted by Crippen LogP contribution is -2.46. The van der Waals surface area contributed by atoms with E-state index in [1.54, 1.807) is 30.5 Å². The van der Waals surface area contributed by atoms with Gasteiger partial charge in [-0.1, -0.05) is 0 Å². The van der Waals surface area contributed by atoms with Gasteiger partial charge in [-0.15, -0.1) is 0 Å². The van der Waals surface area contributed by atoms with E-state index in [0.717, 1.165) is 31.7 Å². The van der Waals surface area contributed by atoms with Gasteiger partial charge < -0.3 is 14.5 Å². The van der Waals surface area contributed by atoms with E-state index in [9.17, 15) is 13.2 Å². The summed E-state index contributed by atoms with van der Waals surface area (Å²) in [7, 11) is -2.12. The SMILES string of the molecule is COc1ccc(S(=O)(=O)N2CCCC(C(=O)NCC(c3ccco3)N3CCCC3)C2)cc1. The number of nitrogens with one attached hydrogen (secondary N) is 1. The van der Waals surface area contributed by atoms with Crippen LogP contribution in [-0.4, -0.2) is 63.4 Å². The maximum Gasteiger partial charge on any atom is 0.243 e. The molecule has 4 rings (SSSR count). The number of likely N-dealkylation sites (tertiary alicyclic amines) is 1. The summed E-state index contributed by atoms with van der Waals surface area (Å²) in [5, 5.41) is 3.07. The summed E-state index contributed by atoms with van der Waals surface area (Å²) in [6, 6.07) is 10.2. The van der Waals surface area contributed by atoms with Crippen LogP contribution in [0.1, 0.15) is 37.5 Å². The second-order valence-electron chi connectivity index (χ2n) is 8.40. The number of amides is 1. The van der Waals surface area contributed by atoms with Crippen molar-refractivity contribution in [2.75, 3.05) is 39.8 Å². The molecule has 0 spiro atoms. The number of carbonyl (C=O) groups excluding carboxylic acids is 1. The van der Waals surface area contributed by atoms with E-state index in [1.807, 2.05) is 12.1 Å². The van der Waals surface area contributed by atoms with E-state index in [0.29, 0.717) is 31.7 Å². The minimum absolute atomic E-state index is 0.000764. The lowest BCUT2D eigenvalue weighted by molar-refractivity contribution is -0.126. The highest BCUT2D eigenvalue weighted by Gasteiger charge is 2.34. The molecule has 3 heterocycles. The van der Waals surface area contributed by atoms with Gasteiger partial charge in [-0.3, -0.25) is 9.69 Å². The van der Waals surface area contributed by atoms with Crippen LogP contribution in [-0.2, 0) is 14.8 Å². The molecule has 0 radical (unpaired) electrons. The van der Waals surface area contributed by atoms with Gasteiger partial charge in [0.2, 0.25) is 15.9 Å². The molecule has 2 saturated heterocycles. The van der Waals surface area contributed by atoms with Crippen molar-refractivity contribution in [2.24, 2.45) is 5.92 Å². The highest BCUT2D eigenvalue weighted by atomic mass is 32.2. The molecule has 2 atom stereocenters. The molecule has 0 aliphatic carbocycles. The lowest BCUT2D eigenvalue weighted by atomic mass is 9.98. The highest BCUT2D eigenvalue weighted by Crippen LogP contribution is 2.27. The van der Waals surface area contributed by atoms with E-state index in [4.69, 9.17) is 9.15 Å². The van der Waals surface area contributed by atoms with E-state index < -0.39 is 10.0 Å². The third-order valence-corrected chi connectivity index (χ3v) is 8.25. The molecule has 32 heavy (non-hydrogen) atoms. The average Bonchev–Trinajstić information content (AvgIpc) is 3.54. The Labute approximate surface area is 189 Å². The van der Waals surface area contributed by atoms with Crippen LogP contribution >= 0.6 is 0 Å². The van der Waals surface area contributed by atoms with Crippen molar-refractivity contribution in [1.29, 1.82) is 0 Å². The number of hydrogen-bond acceptors (Lipinski definition) is 6. The Hall–Kier alpha value is -2.36. The zero-order chi connectivity index (χ0) is 22.6. The second kappa shape index (κ2) is 10.1. The van der Waals surface area contributed by atoms with E-state index in [1.165, 1.54) is 11.4 Å². The largest absolute Gasteiger partial charge is 0.497 e. The normalized spacial score (nSPS) is 21.3. The van der Waals surface area contributed by atoms with Gasteiger partial charge >= 0.3 is 0 Å². The molecule has 1 N–H and O–H groups in total. The van der Waals surface area contributed by atoms with E-state index >= 15 is 0 Å². The third-order valence-electron chi connectivity index (χ3n) is 6.37. The van der Waals surface area contributed by atoms with Crippen LogP contribution in [0.3, 0.4) is 0 Å². The summed E-state index contributed by atoms with van der Waals surface area (Å²) in [5.41, 5.74) is 0. The summed E-state index contributed by atoms with van der Waals surface area (Å²) >= 11 is 0. The summed E-state index contributed by atoms with van der Waals surface area (Å²) in [5.74, 6) is 0.978. The third kappa shape index (κ3) is 5.00. The van der Waals surface area contributed by atoms with Gasteiger partial charge in [0.15, 0.2) is 0 Å². The number of carbonyl (C=O) groups is 1. The van der Waals surface area contributed by atoms with Crippen molar-refractivity contribution in [3.8, 4) is 5.75 Å². The van der Waals surface area contributed by atoms with Crippen molar-refractivity contribution in [3.63, 3.8) is 0 Å². The van der Waals surface area contributed by atoms with Crippen molar-refractivity contribution in [1.82, 2.24) is 14.5 Å². The molecule has 2 aromatic rings. The first-order chi connectivity index (χ1) is 15.5. The van der Waals surface area contributed by atoms with Gasteiger partial charge in [-0.25, -0.2) is 8.42 Å². The number of sulfonamides is 1. The van der Waals surface area contributed by atoms with Gasteiger partial charge in [0.05, 0.1) is 30.2 Å². The Morgan fingerprint density at radius 1 is 1.16 bits per heavy atom. The monoisotopic (exact) mass is 461 g/mol. The fraction of sp³-hybridized carbons (Fsp3) is 0.522. The molecule has 1 aromatic carbocycles. The molecule has 0 saturated carbocycles. The Balaban J connectivity index is 1.39. The number of furan rings is 1.